The fourth-order valence-corrected chi connectivity index (χ4v) is 0.323. The molecule has 0 aromatic carbocycles. The normalized spacial score (nSPS) is 8.20. The average Bonchev–Trinajstić information content (AvgIpc) is 1.85. The minimum Gasteiger partial charge on any atom is -1.00 e. The van der Waals surface area contributed by atoms with Gasteiger partial charge in [-0.25, -0.2) is 0 Å². The van der Waals surface area contributed by atoms with Gasteiger partial charge in [-0.05, 0) is 0 Å². The largest absolute Gasteiger partial charge is 1.00 e. The average molecular weight is 158 g/mol. The molecular weight excluding hydrogens is 147 g/mol. The fourth-order valence-electron chi connectivity index (χ4n) is 0.323. The van der Waals surface area contributed by atoms with Gasteiger partial charge in [0.2, 0.25) is 0 Å². The molecule has 0 amide bonds. The van der Waals surface area contributed by atoms with Crippen molar-refractivity contribution in [1.29, 1.82) is 0 Å². The van der Waals surface area contributed by atoms with Gasteiger partial charge < -0.3 is 16.4 Å². The molecule has 0 unspecified atom stereocenters. The van der Waals surface area contributed by atoms with E-state index in [2.05, 4.69) is 4.74 Å². The predicted molar refractivity (Wildman–Crippen MR) is 30.9 cm³/mol. The molecule has 5 heteroatoms. The van der Waals surface area contributed by atoms with E-state index >= 15 is 0 Å². The van der Waals surface area contributed by atoms with Crippen molar-refractivity contribution in [3.63, 3.8) is 0 Å². The Balaban J connectivity index is -0.000000320. The van der Waals surface area contributed by atoms with Crippen molar-refractivity contribution in [3.8, 4) is 0 Å². The second-order valence-electron chi connectivity index (χ2n) is 1.42. The summed E-state index contributed by atoms with van der Waals surface area (Å²) in [6.07, 6.45) is 0. The topological polar surface area (TPSA) is 66.8 Å². The van der Waals surface area contributed by atoms with Gasteiger partial charge in [0.25, 0.3) is 0 Å². The molecule has 0 heterocycles. The number of aliphatic hydroxyl groups excluding tert-OH is 2. The smallest absolute Gasteiger partial charge is 1.00 e. The monoisotopic (exact) mass is 158 g/mol. The summed E-state index contributed by atoms with van der Waals surface area (Å²) in [6, 6.07) is 0. The van der Waals surface area contributed by atoms with Crippen molar-refractivity contribution in [2.45, 2.75) is 6.42 Å². The minimum atomic E-state index is -0.480. The quantitative estimate of drug-likeness (QED) is 0.323. The van der Waals surface area contributed by atoms with Gasteiger partial charge in [0.1, 0.15) is 6.61 Å². The van der Waals surface area contributed by atoms with E-state index in [1.54, 1.807) is 0 Å². The number of carbonyl (C=O) groups is 1. The molecule has 0 fully saturated rings. The first kappa shape index (κ1) is 13.0. The van der Waals surface area contributed by atoms with Crippen molar-refractivity contribution in [1.82, 2.24) is 0 Å². The van der Waals surface area contributed by atoms with Crippen LogP contribution in [0.4, 0.5) is 0 Å². The summed E-state index contributed by atoms with van der Waals surface area (Å²) in [7, 11) is 0. The Kier molecular flexibility index (Phi) is 12.2. The molecule has 0 spiro atoms. The zero-order valence-corrected chi connectivity index (χ0v) is 8.04. The third kappa shape index (κ3) is 8.39. The molecule has 56 valence electrons. The molecule has 0 bridgehead atoms. The van der Waals surface area contributed by atoms with Crippen LogP contribution in [0.3, 0.4) is 0 Å². The minimum absolute atomic E-state index is 0. The van der Waals surface area contributed by atoms with E-state index in [9.17, 15) is 4.79 Å². The molecule has 0 radical (unpaired) electrons. The zero-order chi connectivity index (χ0) is 7.11. The van der Waals surface area contributed by atoms with Crippen LogP contribution < -0.4 is 29.6 Å². The van der Waals surface area contributed by atoms with E-state index in [4.69, 9.17) is 10.2 Å². The number of carbonyl (C=O) groups excluding carboxylic acids is 1. The third-order valence-corrected chi connectivity index (χ3v) is 0.670. The van der Waals surface area contributed by atoms with Crippen LogP contribution in [-0.2, 0) is 9.53 Å². The van der Waals surface area contributed by atoms with Gasteiger partial charge in [-0.2, -0.15) is 0 Å². The van der Waals surface area contributed by atoms with Gasteiger partial charge in [-0.1, -0.05) is 0 Å². The maximum Gasteiger partial charge on any atom is 1.00 e. The van der Waals surface area contributed by atoms with E-state index in [0.717, 1.165) is 0 Å². The van der Waals surface area contributed by atoms with E-state index in [1.807, 2.05) is 0 Å². The van der Waals surface area contributed by atoms with Gasteiger partial charge in [-0.3, -0.25) is 4.79 Å². The molecule has 2 N–H and O–H groups in total. The summed E-state index contributed by atoms with van der Waals surface area (Å²) in [4.78, 5) is 10.3. The first-order chi connectivity index (χ1) is 4.31. The molecule has 10 heavy (non-hydrogen) atoms. The van der Waals surface area contributed by atoms with Gasteiger partial charge in [-0.15, -0.1) is 0 Å². The van der Waals surface area contributed by atoms with Crippen LogP contribution in [0, 0.1) is 0 Å². The summed E-state index contributed by atoms with van der Waals surface area (Å²) in [6.45, 7) is -0.361. The maximum atomic E-state index is 10.3. The van der Waals surface area contributed by atoms with E-state index in [1.165, 1.54) is 0 Å². The Morgan fingerprint density at radius 3 is 2.40 bits per heavy atom. The van der Waals surface area contributed by atoms with Crippen LogP contribution in [0.15, 0.2) is 0 Å². The zero-order valence-electron chi connectivity index (χ0n) is 7.04. The predicted octanol–water partition coefficient (Wildman–Crippen LogP) is -3.98. The number of ether oxygens (including phenoxy) is 1. The maximum absolute atomic E-state index is 10.3. The van der Waals surface area contributed by atoms with Gasteiger partial charge in [0.15, 0.2) is 0 Å². The van der Waals surface area contributed by atoms with Crippen LogP contribution in [0.25, 0.3) is 0 Å². The summed E-state index contributed by atoms with van der Waals surface area (Å²) in [5.41, 5.74) is 0. The Morgan fingerprint density at radius 2 is 2.00 bits per heavy atom. The standard InChI is InChI=1S/C5H10O4.Na.H/c6-2-1-5(8)9-4-3-7;;/h6-7H,1-4H2;;/q;+1;-1. The van der Waals surface area contributed by atoms with Crippen LogP contribution in [-0.4, -0.2) is 36.0 Å². The van der Waals surface area contributed by atoms with Crippen LogP contribution in [0.5, 0.6) is 0 Å². The molecule has 0 atom stereocenters. The van der Waals surface area contributed by atoms with Gasteiger partial charge in [0.05, 0.1) is 19.6 Å². The van der Waals surface area contributed by atoms with E-state index < -0.39 is 5.97 Å². The fraction of sp³-hybridized carbons (Fsp3) is 0.800. The second-order valence-corrected chi connectivity index (χ2v) is 1.42. The molecule has 0 aliphatic carbocycles. The van der Waals surface area contributed by atoms with Crippen molar-refractivity contribution in [2.24, 2.45) is 0 Å². The molecule has 0 saturated heterocycles. The third-order valence-electron chi connectivity index (χ3n) is 0.670. The molecular formula is C5H11NaO4. The van der Waals surface area contributed by atoms with Crippen LogP contribution in [0.2, 0.25) is 0 Å². The summed E-state index contributed by atoms with van der Waals surface area (Å²) in [5, 5.41) is 16.3. The molecule has 0 saturated carbocycles. The summed E-state index contributed by atoms with van der Waals surface area (Å²) in [5.74, 6) is -0.480. The Morgan fingerprint density at radius 1 is 1.40 bits per heavy atom. The number of esters is 1. The second kappa shape index (κ2) is 9.39. The Bertz CT molecular complexity index is 90.6. The van der Waals surface area contributed by atoms with E-state index in [0.29, 0.717) is 0 Å². The molecule has 0 aliphatic rings. The first-order valence-electron chi connectivity index (χ1n) is 2.68. The Labute approximate surface area is 83.0 Å². The molecule has 0 aromatic rings. The number of hydrogen-bond acceptors (Lipinski definition) is 4. The van der Waals surface area contributed by atoms with E-state index in [-0.39, 0.29) is 57.2 Å². The summed E-state index contributed by atoms with van der Waals surface area (Å²) >= 11 is 0. The molecule has 4 nitrogen and oxygen atoms in total. The van der Waals surface area contributed by atoms with Crippen molar-refractivity contribution in [2.75, 3.05) is 19.8 Å². The van der Waals surface area contributed by atoms with Crippen molar-refractivity contribution >= 4 is 5.97 Å². The molecule has 0 rings (SSSR count). The summed E-state index contributed by atoms with van der Waals surface area (Å²) < 4.78 is 4.38. The van der Waals surface area contributed by atoms with Crippen LogP contribution in [0.1, 0.15) is 7.85 Å². The van der Waals surface area contributed by atoms with Crippen LogP contribution >= 0.6 is 0 Å². The SMILES string of the molecule is O=C(CCO)OCCO.[H-].[Na+]. The molecule has 0 aliphatic heterocycles. The van der Waals surface area contributed by atoms with Gasteiger partial charge >= 0.3 is 35.5 Å². The number of aliphatic hydroxyl groups is 2. The Hall–Kier alpha value is 0.390. The first-order valence-corrected chi connectivity index (χ1v) is 2.68. The number of rotatable bonds is 4. The van der Waals surface area contributed by atoms with Gasteiger partial charge in [0, 0.05) is 0 Å². The number of hydrogen-bond donors (Lipinski definition) is 2. The van der Waals surface area contributed by atoms with Crippen molar-refractivity contribution in [3.05, 3.63) is 0 Å². The van der Waals surface area contributed by atoms with Crippen molar-refractivity contribution < 1.29 is 50.7 Å². The molecule has 0 aromatic heterocycles.